The van der Waals surface area contributed by atoms with Crippen LogP contribution < -0.4 is 4.74 Å². The number of carbonyl (C=O) groups is 2. The number of alkyl halides is 1. The predicted octanol–water partition coefficient (Wildman–Crippen LogP) is 2.57. The van der Waals surface area contributed by atoms with Crippen LogP contribution in [0.2, 0.25) is 0 Å². The average Bonchev–Trinajstić information content (AvgIpc) is 2.81. The van der Waals surface area contributed by atoms with Crippen LogP contribution in [0.5, 0.6) is 11.5 Å². The van der Waals surface area contributed by atoms with Gasteiger partial charge in [0.15, 0.2) is 0 Å². The second-order valence-corrected chi connectivity index (χ2v) is 5.98. The molecule has 0 radical (unpaired) electrons. The van der Waals surface area contributed by atoms with Crippen molar-refractivity contribution in [2.24, 2.45) is 0 Å². The van der Waals surface area contributed by atoms with Crippen molar-refractivity contribution in [3.8, 4) is 11.5 Å². The Morgan fingerprint density at radius 2 is 1.23 bits per heavy atom. The summed E-state index contributed by atoms with van der Waals surface area (Å²) in [5, 5.41) is 25.3. The van der Waals surface area contributed by atoms with Gasteiger partial charge in [-0.1, -0.05) is 0 Å². The van der Waals surface area contributed by atoms with Gasteiger partial charge in [-0.15, -0.1) is 11.6 Å². The van der Waals surface area contributed by atoms with Crippen LogP contribution in [0.15, 0.2) is 48.5 Å². The van der Waals surface area contributed by atoms with Gasteiger partial charge < -0.3 is 29.5 Å². The minimum absolute atomic E-state index is 0. The molecule has 0 spiro atoms. The summed E-state index contributed by atoms with van der Waals surface area (Å²) in [7, 11) is 0. The number of aliphatic hydroxyl groups excluding tert-OH is 2. The zero-order chi connectivity index (χ0) is 23.2. The largest absolute Gasteiger partial charge is 0.508 e. The molecule has 0 saturated carbocycles. The Hall–Kier alpha value is -2.49. The molecule has 0 unspecified atom stereocenters. The second kappa shape index (κ2) is 20.8. The lowest BCUT2D eigenvalue weighted by Gasteiger charge is -2.06. The van der Waals surface area contributed by atoms with E-state index >= 15 is 0 Å². The molecule has 2 rings (SSSR count). The summed E-state index contributed by atoms with van der Waals surface area (Å²) in [6.07, 6.45) is 1.52. The summed E-state index contributed by atoms with van der Waals surface area (Å²) in [6, 6.07) is 12.9. The molecule has 0 aliphatic carbocycles. The van der Waals surface area contributed by atoms with Crippen molar-refractivity contribution in [3.63, 3.8) is 0 Å². The lowest BCUT2D eigenvalue weighted by Crippen LogP contribution is -2.09. The highest BCUT2D eigenvalue weighted by atomic mass is 35.5. The number of phenols is 1. The van der Waals surface area contributed by atoms with E-state index in [4.69, 9.17) is 41.1 Å². The number of hydrogen-bond acceptors (Lipinski definition) is 8. The van der Waals surface area contributed by atoms with E-state index in [0.717, 1.165) is 12.6 Å². The highest BCUT2D eigenvalue weighted by Gasteiger charge is 1.94. The summed E-state index contributed by atoms with van der Waals surface area (Å²) < 4.78 is 15.1. The Labute approximate surface area is 188 Å². The van der Waals surface area contributed by atoms with Crippen LogP contribution in [-0.2, 0) is 9.47 Å². The van der Waals surface area contributed by atoms with Crippen molar-refractivity contribution in [3.05, 3.63) is 59.7 Å². The van der Waals surface area contributed by atoms with E-state index < -0.39 is 0 Å². The van der Waals surface area contributed by atoms with E-state index in [0.29, 0.717) is 55.8 Å². The van der Waals surface area contributed by atoms with E-state index in [1.165, 1.54) is 12.1 Å². The number of rotatable bonds is 12. The van der Waals surface area contributed by atoms with Crippen LogP contribution in [0.25, 0.3) is 0 Å². The molecule has 31 heavy (non-hydrogen) atoms. The Morgan fingerprint density at radius 3 is 1.68 bits per heavy atom. The lowest BCUT2D eigenvalue weighted by molar-refractivity contribution is 0.0705. The number of halogens is 1. The molecule has 0 aromatic heterocycles. The van der Waals surface area contributed by atoms with Crippen molar-refractivity contribution in [1.29, 1.82) is 0 Å². The van der Waals surface area contributed by atoms with Crippen molar-refractivity contribution in [2.75, 3.05) is 52.1 Å². The van der Waals surface area contributed by atoms with Crippen LogP contribution in [0.3, 0.4) is 0 Å². The molecule has 2 aromatic carbocycles. The molecule has 0 amide bonds. The van der Waals surface area contributed by atoms with Gasteiger partial charge in [0, 0.05) is 18.4 Å². The number of benzene rings is 2. The van der Waals surface area contributed by atoms with Gasteiger partial charge >= 0.3 is 0 Å². The SMILES string of the molecule is O=Cc1ccc(O)cc1.O=Cc1ccc(OCCOCCO)cc1.OCCOCCCl.[3HH]. The zero-order valence-corrected chi connectivity index (χ0v) is 17.9. The number of hydrogen-bond donors (Lipinski definition) is 3. The maximum Gasteiger partial charge on any atom is 0.150 e. The van der Waals surface area contributed by atoms with E-state index in [9.17, 15) is 9.59 Å². The van der Waals surface area contributed by atoms with Gasteiger partial charge in [0.2, 0.25) is 0 Å². The van der Waals surface area contributed by atoms with Crippen molar-refractivity contribution in [2.45, 2.75) is 0 Å². The van der Waals surface area contributed by atoms with Gasteiger partial charge in [-0.05, 0) is 48.5 Å². The third-order valence-corrected chi connectivity index (χ3v) is 3.39. The molecular weight excluding hydrogens is 428 g/mol. The minimum Gasteiger partial charge on any atom is -0.508 e. The van der Waals surface area contributed by atoms with E-state index in [1.807, 2.05) is 0 Å². The van der Waals surface area contributed by atoms with Crippen LogP contribution in [0, 0.1) is 0 Å². The Bertz CT molecular complexity index is 679. The molecule has 8 nitrogen and oxygen atoms in total. The van der Waals surface area contributed by atoms with Gasteiger partial charge in [-0.25, -0.2) is 0 Å². The van der Waals surface area contributed by atoms with Crippen LogP contribution in [0.1, 0.15) is 22.1 Å². The van der Waals surface area contributed by atoms with E-state index in [1.54, 1.807) is 36.4 Å². The Morgan fingerprint density at radius 1 is 0.742 bits per heavy atom. The molecular formula is C22H31ClO8. The Kier molecular flexibility index (Phi) is 19.1. The molecule has 0 aliphatic rings. The fourth-order valence-corrected chi connectivity index (χ4v) is 1.91. The Balaban J connectivity index is 0. The van der Waals surface area contributed by atoms with Gasteiger partial charge in [0.1, 0.15) is 30.7 Å². The summed E-state index contributed by atoms with van der Waals surface area (Å²) in [5.74, 6) is 1.38. The smallest absolute Gasteiger partial charge is 0.150 e. The quantitative estimate of drug-likeness (QED) is 0.251. The van der Waals surface area contributed by atoms with Crippen LogP contribution in [-0.4, -0.2) is 80.0 Å². The van der Waals surface area contributed by atoms with Gasteiger partial charge in [-0.3, -0.25) is 9.59 Å². The third-order valence-electron chi connectivity index (χ3n) is 3.23. The normalized spacial score (nSPS) is 9.52. The number of phenolic OH excluding ortho intramolecular Hbond substituents is 1. The molecule has 3 N–H and O–H groups in total. The summed E-state index contributed by atoms with van der Waals surface area (Å²) >= 11 is 5.23. The molecule has 9 heteroatoms. The summed E-state index contributed by atoms with van der Waals surface area (Å²) in [4.78, 5) is 20.4. The molecule has 0 heterocycles. The molecule has 0 saturated heterocycles. The van der Waals surface area contributed by atoms with E-state index in [-0.39, 0.29) is 20.4 Å². The number of aliphatic hydroxyl groups is 2. The first-order chi connectivity index (χ1) is 15.1. The summed E-state index contributed by atoms with van der Waals surface area (Å²) in [6.45, 7) is 2.23. The molecule has 2 aromatic rings. The molecule has 0 aliphatic heterocycles. The first-order valence-corrected chi connectivity index (χ1v) is 10.00. The number of aldehydes is 2. The van der Waals surface area contributed by atoms with Crippen LogP contribution >= 0.6 is 11.6 Å². The maximum absolute atomic E-state index is 10.4. The minimum atomic E-state index is 0. The predicted molar refractivity (Wildman–Crippen MR) is 119 cm³/mol. The second-order valence-electron chi connectivity index (χ2n) is 5.61. The first kappa shape index (κ1) is 28.5. The van der Waals surface area contributed by atoms with E-state index in [2.05, 4.69) is 0 Å². The van der Waals surface area contributed by atoms with Gasteiger partial charge in [0.05, 0.1) is 39.6 Å². The van der Waals surface area contributed by atoms with Crippen molar-refractivity contribution < 1.29 is 40.5 Å². The fraction of sp³-hybridized carbons (Fsp3) is 0.364. The van der Waals surface area contributed by atoms with Crippen molar-refractivity contribution >= 4 is 24.2 Å². The van der Waals surface area contributed by atoms with Gasteiger partial charge in [0.25, 0.3) is 0 Å². The first-order valence-electron chi connectivity index (χ1n) is 9.46. The number of carbonyl (C=O) groups excluding carboxylic acids is 2. The highest BCUT2D eigenvalue weighted by Crippen LogP contribution is 2.10. The molecule has 0 bridgehead atoms. The monoisotopic (exact) mass is 460 g/mol. The zero-order valence-electron chi connectivity index (χ0n) is 17.2. The molecule has 0 atom stereocenters. The maximum atomic E-state index is 10.4. The topological polar surface area (TPSA) is 123 Å². The fourth-order valence-electron chi connectivity index (χ4n) is 1.80. The standard InChI is InChI=1S/C11H14O4.C7H6O2.C4H9ClO2.H2/c12-5-6-14-7-8-15-11-3-1-10(9-13)2-4-11;8-5-6-1-3-7(9)4-2-6;5-1-3-7-4-2-6;/h1-4,9,12H,5-8H2;1-5,9H;6H,1-4H2;1H/i;;;1+2. The average molecular weight is 461 g/mol. The highest BCUT2D eigenvalue weighted by molar-refractivity contribution is 6.17. The number of aromatic hydroxyl groups is 1. The molecule has 0 fully saturated rings. The van der Waals surface area contributed by atoms with Crippen LogP contribution in [0.4, 0.5) is 0 Å². The number of ether oxygens (including phenoxy) is 3. The summed E-state index contributed by atoms with van der Waals surface area (Å²) in [5.41, 5.74) is 1.20. The van der Waals surface area contributed by atoms with Gasteiger partial charge in [-0.2, -0.15) is 0 Å². The third kappa shape index (κ3) is 16.9. The molecule has 174 valence electrons. The lowest BCUT2D eigenvalue weighted by atomic mass is 10.2. The van der Waals surface area contributed by atoms with Crippen molar-refractivity contribution in [1.82, 2.24) is 0 Å².